The predicted octanol–water partition coefficient (Wildman–Crippen LogP) is 3.28. The lowest BCUT2D eigenvalue weighted by Crippen LogP contribution is -1.99. The Morgan fingerprint density at radius 3 is 2.62 bits per heavy atom. The molecule has 2 aromatic rings. The summed E-state index contributed by atoms with van der Waals surface area (Å²) in [5.41, 5.74) is 0.734. The highest BCUT2D eigenvalue weighted by Crippen LogP contribution is 2.32. The average Bonchev–Trinajstić information content (AvgIpc) is 2.83. The van der Waals surface area contributed by atoms with Gasteiger partial charge in [-0.25, -0.2) is 9.78 Å². The third-order valence-corrected chi connectivity index (χ3v) is 4.43. The molecule has 5 heteroatoms. The van der Waals surface area contributed by atoms with Crippen LogP contribution in [0.1, 0.15) is 20.2 Å². The van der Waals surface area contributed by atoms with Gasteiger partial charge in [0.1, 0.15) is 9.88 Å². The van der Waals surface area contributed by atoms with E-state index in [4.69, 9.17) is 4.74 Å². The van der Waals surface area contributed by atoms with Crippen molar-refractivity contribution in [2.24, 2.45) is 0 Å². The molecule has 0 unspecified atom stereocenters. The molecule has 0 bridgehead atoms. The lowest BCUT2D eigenvalue weighted by molar-refractivity contribution is 0.0605. The van der Waals surface area contributed by atoms with Crippen LogP contribution in [0.3, 0.4) is 0 Å². The van der Waals surface area contributed by atoms with E-state index < -0.39 is 0 Å². The Hall–Kier alpha value is -1.20. The summed E-state index contributed by atoms with van der Waals surface area (Å²) in [6.45, 7) is 3.88. The maximum absolute atomic E-state index is 11.4. The number of carbonyl (C=O) groups excluding carboxylic acids is 1. The summed E-state index contributed by atoms with van der Waals surface area (Å²) in [5, 5.41) is 0.885. The Balaban J connectivity index is 2.41. The Bertz CT molecular complexity index is 528. The highest BCUT2D eigenvalue weighted by molar-refractivity contribution is 7.22. The Morgan fingerprint density at radius 2 is 2.06 bits per heavy atom. The van der Waals surface area contributed by atoms with Crippen LogP contribution in [0.25, 0.3) is 9.88 Å². The van der Waals surface area contributed by atoms with Gasteiger partial charge in [0.15, 0.2) is 0 Å². The normalized spacial score (nSPS) is 10.4. The predicted molar refractivity (Wildman–Crippen MR) is 66.2 cm³/mol. The van der Waals surface area contributed by atoms with Crippen LogP contribution in [0, 0.1) is 13.8 Å². The molecule has 0 N–H and O–H groups in total. The van der Waals surface area contributed by atoms with Gasteiger partial charge in [0.25, 0.3) is 0 Å². The van der Waals surface area contributed by atoms with E-state index in [0.717, 1.165) is 15.6 Å². The molecule has 0 saturated carbocycles. The molecular weight excluding hydrogens is 242 g/mol. The quantitative estimate of drug-likeness (QED) is 0.771. The van der Waals surface area contributed by atoms with E-state index in [0.29, 0.717) is 4.88 Å². The molecule has 0 amide bonds. The molecule has 2 rings (SSSR count). The summed E-state index contributed by atoms with van der Waals surface area (Å²) in [4.78, 5) is 18.8. The third kappa shape index (κ3) is 2.01. The topological polar surface area (TPSA) is 39.2 Å². The van der Waals surface area contributed by atoms with Crippen LogP contribution in [-0.4, -0.2) is 18.1 Å². The van der Waals surface area contributed by atoms with E-state index in [1.54, 1.807) is 11.3 Å². The second-order valence-electron chi connectivity index (χ2n) is 3.34. The van der Waals surface area contributed by atoms with Crippen molar-refractivity contribution in [2.75, 3.05) is 7.11 Å². The first-order valence-electron chi connectivity index (χ1n) is 4.74. The molecule has 2 aromatic heterocycles. The van der Waals surface area contributed by atoms with Gasteiger partial charge in [-0.3, -0.25) is 0 Å². The molecule has 0 saturated heterocycles. The Labute approximate surface area is 102 Å². The monoisotopic (exact) mass is 253 g/mol. The SMILES string of the molecule is COC(=O)c1sc(-c2ccc(C)s2)nc1C. The molecule has 3 nitrogen and oxygen atoms in total. The molecule has 0 aliphatic heterocycles. The van der Waals surface area contributed by atoms with E-state index >= 15 is 0 Å². The molecule has 0 atom stereocenters. The first-order chi connectivity index (χ1) is 7.61. The van der Waals surface area contributed by atoms with Gasteiger partial charge in [0.2, 0.25) is 0 Å². The summed E-state index contributed by atoms with van der Waals surface area (Å²) in [6.07, 6.45) is 0. The van der Waals surface area contributed by atoms with Crippen LogP contribution in [0.5, 0.6) is 0 Å². The zero-order valence-electron chi connectivity index (χ0n) is 9.23. The number of hydrogen-bond acceptors (Lipinski definition) is 5. The smallest absolute Gasteiger partial charge is 0.349 e. The standard InChI is InChI=1S/C11H11NO2S2/c1-6-4-5-8(15-6)10-12-7(2)9(16-10)11(13)14-3/h4-5H,1-3H3. The molecular formula is C11H11NO2S2. The number of rotatable bonds is 2. The zero-order valence-corrected chi connectivity index (χ0v) is 10.9. The molecule has 0 aromatic carbocycles. The summed E-state index contributed by atoms with van der Waals surface area (Å²) in [5.74, 6) is -0.311. The number of aryl methyl sites for hydroxylation is 2. The van der Waals surface area contributed by atoms with E-state index in [-0.39, 0.29) is 5.97 Å². The van der Waals surface area contributed by atoms with E-state index in [2.05, 4.69) is 18.0 Å². The fourth-order valence-corrected chi connectivity index (χ4v) is 3.24. The summed E-state index contributed by atoms with van der Waals surface area (Å²) in [6, 6.07) is 4.08. The number of thiazole rings is 1. The number of aromatic nitrogens is 1. The minimum absolute atomic E-state index is 0.311. The van der Waals surface area contributed by atoms with E-state index in [9.17, 15) is 4.79 Å². The van der Waals surface area contributed by atoms with Crippen molar-refractivity contribution in [3.8, 4) is 9.88 Å². The summed E-state index contributed by atoms with van der Waals surface area (Å²) >= 11 is 3.06. The van der Waals surface area contributed by atoms with Crippen LogP contribution in [0.15, 0.2) is 12.1 Å². The third-order valence-electron chi connectivity index (χ3n) is 2.12. The molecule has 0 aliphatic carbocycles. The van der Waals surface area contributed by atoms with Gasteiger partial charge >= 0.3 is 5.97 Å². The second kappa shape index (κ2) is 4.35. The molecule has 16 heavy (non-hydrogen) atoms. The number of esters is 1. The van der Waals surface area contributed by atoms with Gasteiger partial charge in [-0.15, -0.1) is 22.7 Å². The van der Waals surface area contributed by atoms with E-state index in [1.807, 2.05) is 13.0 Å². The fraction of sp³-hybridized carbons (Fsp3) is 0.273. The van der Waals surface area contributed by atoms with Crippen LogP contribution in [0.4, 0.5) is 0 Å². The lowest BCUT2D eigenvalue weighted by atomic mass is 10.4. The Morgan fingerprint density at radius 1 is 1.31 bits per heavy atom. The molecule has 0 aliphatic rings. The molecule has 84 valence electrons. The van der Waals surface area contributed by atoms with Crippen molar-refractivity contribution >= 4 is 28.6 Å². The highest BCUT2D eigenvalue weighted by atomic mass is 32.1. The van der Waals surface area contributed by atoms with Crippen molar-refractivity contribution in [1.82, 2.24) is 4.98 Å². The van der Waals surface area contributed by atoms with Gasteiger partial charge < -0.3 is 4.74 Å². The van der Waals surface area contributed by atoms with Crippen molar-refractivity contribution in [1.29, 1.82) is 0 Å². The van der Waals surface area contributed by atoms with Gasteiger partial charge in [-0.2, -0.15) is 0 Å². The number of hydrogen-bond donors (Lipinski definition) is 0. The first-order valence-corrected chi connectivity index (χ1v) is 6.37. The fourth-order valence-electron chi connectivity index (χ4n) is 1.33. The van der Waals surface area contributed by atoms with E-state index in [1.165, 1.54) is 23.3 Å². The molecule has 2 heterocycles. The van der Waals surface area contributed by atoms with Crippen molar-refractivity contribution < 1.29 is 9.53 Å². The van der Waals surface area contributed by atoms with Crippen LogP contribution >= 0.6 is 22.7 Å². The summed E-state index contributed by atoms with van der Waals surface area (Å²) in [7, 11) is 1.39. The maximum Gasteiger partial charge on any atom is 0.349 e. The minimum atomic E-state index is -0.311. The van der Waals surface area contributed by atoms with Crippen molar-refractivity contribution in [3.63, 3.8) is 0 Å². The van der Waals surface area contributed by atoms with Gasteiger partial charge in [0, 0.05) is 4.88 Å². The van der Waals surface area contributed by atoms with Crippen LogP contribution in [0.2, 0.25) is 0 Å². The average molecular weight is 253 g/mol. The minimum Gasteiger partial charge on any atom is -0.465 e. The van der Waals surface area contributed by atoms with Gasteiger partial charge in [-0.1, -0.05) is 0 Å². The van der Waals surface area contributed by atoms with Crippen LogP contribution in [-0.2, 0) is 4.74 Å². The van der Waals surface area contributed by atoms with Gasteiger partial charge in [-0.05, 0) is 26.0 Å². The molecule has 0 fully saturated rings. The highest BCUT2D eigenvalue weighted by Gasteiger charge is 2.16. The zero-order chi connectivity index (χ0) is 11.7. The van der Waals surface area contributed by atoms with Crippen molar-refractivity contribution in [2.45, 2.75) is 13.8 Å². The molecule has 0 radical (unpaired) electrons. The summed E-state index contributed by atoms with van der Waals surface area (Å²) < 4.78 is 4.71. The largest absolute Gasteiger partial charge is 0.465 e. The second-order valence-corrected chi connectivity index (χ2v) is 5.62. The van der Waals surface area contributed by atoms with Crippen LogP contribution < -0.4 is 0 Å². The lowest BCUT2D eigenvalue weighted by Gasteiger charge is -1.93. The van der Waals surface area contributed by atoms with Crippen molar-refractivity contribution in [3.05, 3.63) is 27.6 Å². The molecule has 0 spiro atoms. The number of ether oxygens (including phenoxy) is 1. The maximum atomic E-state index is 11.4. The van der Waals surface area contributed by atoms with Gasteiger partial charge in [0.05, 0.1) is 17.7 Å². The Kier molecular flexibility index (Phi) is 3.07. The number of methoxy groups -OCH3 is 1. The number of thiophene rings is 1. The number of nitrogens with zero attached hydrogens (tertiary/aromatic N) is 1. The first kappa shape index (κ1) is 11.3. The number of carbonyl (C=O) groups is 1.